The lowest BCUT2D eigenvalue weighted by Crippen LogP contribution is -3.08. The fraction of sp³-hybridized carbons (Fsp3) is 0.278. The van der Waals surface area contributed by atoms with Crippen molar-refractivity contribution in [3.8, 4) is 0 Å². The second-order valence-electron chi connectivity index (χ2n) is 5.99. The number of rotatable bonds is 6. The molecular formula is C18H22N3O3+. The Hall–Kier alpha value is -2.73. The summed E-state index contributed by atoms with van der Waals surface area (Å²) in [5, 5.41) is 14.0. The number of hydrogen-bond acceptors (Lipinski definition) is 3. The van der Waals surface area contributed by atoms with Gasteiger partial charge in [-0.3, -0.25) is 14.9 Å². The Labute approximate surface area is 141 Å². The number of aryl methyl sites for hydroxylation is 1. The summed E-state index contributed by atoms with van der Waals surface area (Å²) in [5.41, 5.74) is 3.68. The maximum atomic E-state index is 12.2. The van der Waals surface area contributed by atoms with Crippen molar-refractivity contribution in [3.05, 3.63) is 69.3 Å². The molecule has 0 radical (unpaired) electrons. The van der Waals surface area contributed by atoms with Crippen LogP contribution in [-0.2, 0) is 11.3 Å². The first-order valence-electron chi connectivity index (χ1n) is 7.78. The van der Waals surface area contributed by atoms with Crippen molar-refractivity contribution < 1.29 is 14.6 Å². The van der Waals surface area contributed by atoms with E-state index in [9.17, 15) is 14.9 Å². The Bertz CT molecular complexity index is 759. The number of benzene rings is 2. The van der Waals surface area contributed by atoms with E-state index in [2.05, 4.69) is 5.32 Å². The van der Waals surface area contributed by atoms with Crippen LogP contribution in [0.25, 0.3) is 0 Å². The molecule has 2 N–H and O–H groups in total. The van der Waals surface area contributed by atoms with Gasteiger partial charge in [0.2, 0.25) is 0 Å². The molecule has 0 fully saturated rings. The van der Waals surface area contributed by atoms with Gasteiger partial charge < -0.3 is 10.2 Å². The number of carbonyl (C=O) groups is 1. The summed E-state index contributed by atoms with van der Waals surface area (Å²) in [5.74, 6) is -0.111. The maximum Gasteiger partial charge on any atom is 0.279 e. The molecule has 0 aliphatic heterocycles. The van der Waals surface area contributed by atoms with Crippen LogP contribution in [0.1, 0.15) is 16.7 Å². The van der Waals surface area contributed by atoms with Crippen LogP contribution in [0.3, 0.4) is 0 Å². The molecule has 1 amide bonds. The van der Waals surface area contributed by atoms with Crippen LogP contribution in [0.2, 0.25) is 0 Å². The largest absolute Gasteiger partial charge is 0.326 e. The van der Waals surface area contributed by atoms with Gasteiger partial charge in [0.25, 0.3) is 11.6 Å². The highest BCUT2D eigenvalue weighted by atomic mass is 16.6. The zero-order valence-corrected chi connectivity index (χ0v) is 14.1. The van der Waals surface area contributed by atoms with Crippen molar-refractivity contribution in [1.82, 2.24) is 0 Å². The zero-order chi connectivity index (χ0) is 17.7. The first-order chi connectivity index (χ1) is 11.4. The number of nitro benzene ring substituents is 1. The van der Waals surface area contributed by atoms with Gasteiger partial charge in [-0.25, -0.2) is 0 Å². The van der Waals surface area contributed by atoms with Crippen LogP contribution >= 0.6 is 0 Å². The summed E-state index contributed by atoms with van der Waals surface area (Å²) >= 11 is 0. The van der Waals surface area contributed by atoms with Gasteiger partial charge in [0.15, 0.2) is 6.54 Å². The molecule has 1 atom stereocenters. The number of amides is 1. The van der Waals surface area contributed by atoms with Gasteiger partial charge in [-0.1, -0.05) is 24.3 Å². The van der Waals surface area contributed by atoms with Crippen LogP contribution in [0.4, 0.5) is 11.4 Å². The minimum atomic E-state index is -0.390. The van der Waals surface area contributed by atoms with Gasteiger partial charge in [0, 0.05) is 11.8 Å². The number of nitro groups is 1. The average Bonchev–Trinajstić information content (AvgIpc) is 2.52. The van der Waals surface area contributed by atoms with Crippen LogP contribution < -0.4 is 10.2 Å². The maximum absolute atomic E-state index is 12.2. The topological polar surface area (TPSA) is 76.7 Å². The second kappa shape index (κ2) is 7.70. The molecule has 0 saturated carbocycles. The number of nitrogens with zero attached hydrogens (tertiary/aromatic N) is 1. The van der Waals surface area contributed by atoms with Gasteiger partial charge in [-0.05, 0) is 37.1 Å². The predicted octanol–water partition coefficient (Wildman–Crippen LogP) is 1.87. The van der Waals surface area contributed by atoms with E-state index >= 15 is 0 Å². The first-order valence-corrected chi connectivity index (χ1v) is 7.78. The van der Waals surface area contributed by atoms with Gasteiger partial charge in [0.05, 0.1) is 17.5 Å². The standard InChI is InChI=1S/C18H21N3O3/c1-13-7-6-9-16(14(13)2)19-18(22)12-20(3)11-15-8-4-5-10-17(15)21(23)24/h4-10H,11-12H2,1-3H3,(H,19,22)/p+1. The summed E-state index contributed by atoms with van der Waals surface area (Å²) in [4.78, 5) is 23.8. The molecule has 126 valence electrons. The SMILES string of the molecule is Cc1cccc(NC(=O)C[NH+](C)Cc2ccccc2[N+](=O)[O-])c1C. The molecule has 2 rings (SSSR count). The van der Waals surface area contributed by atoms with Gasteiger partial charge in [-0.15, -0.1) is 0 Å². The van der Waals surface area contributed by atoms with Crippen molar-refractivity contribution in [2.24, 2.45) is 0 Å². The molecule has 0 aliphatic carbocycles. The Morgan fingerprint density at radius 2 is 1.88 bits per heavy atom. The third-order valence-corrected chi connectivity index (χ3v) is 4.02. The monoisotopic (exact) mass is 328 g/mol. The molecule has 0 spiro atoms. The first kappa shape index (κ1) is 17.6. The molecule has 2 aromatic carbocycles. The predicted molar refractivity (Wildman–Crippen MR) is 93.1 cm³/mol. The quantitative estimate of drug-likeness (QED) is 0.628. The van der Waals surface area contributed by atoms with E-state index in [1.807, 2.05) is 39.1 Å². The van der Waals surface area contributed by atoms with Gasteiger partial charge >= 0.3 is 0 Å². The molecule has 0 aromatic heterocycles. The van der Waals surface area contributed by atoms with E-state index in [4.69, 9.17) is 0 Å². The second-order valence-corrected chi connectivity index (χ2v) is 5.99. The molecule has 1 unspecified atom stereocenters. The molecule has 0 heterocycles. The van der Waals surface area contributed by atoms with E-state index in [1.54, 1.807) is 18.2 Å². The summed E-state index contributed by atoms with van der Waals surface area (Å²) in [6.07, 6.45) is 0. The Balaban J connectivity index is 2.00. The molecule has 6 nitrogen and oxygen atoms in total. The normalized spacial score (nSPS) is 11.8. The highest BCUT2D eigenvalue weighted by Gasteiger charge is 2.18. The van der Waals surface area contributed by atoms with Gasteiger partial charge in [0.1, 0.15) is 6.54 Å². The van der Waals surface area contributed by atoms with Crippen LogP contribution in [-0.4, -0.2) is 24.4 Å². The van der Waals surface area contributed by atoms with Crippen molar-refractivity contribution in [2.75, 3.05) is 18.9 Å². The number of para-hydroxylation sites is 1. The molecule has 24 heavy (non-hydrogen) atoms. The third-order valence-electron chi connectivity index (χ3n) is 4.02. The van der Waals surface area contributed by atoms with Crippen LogP contribution in [0.15, 0.2) is 42.5 Å². The van der Waals surface area contributed by atoms with E-state index in [0.717, 1.165) is 21.7 Å². The summed E-state index contributed by atoms with van der Waals surface area (Å²) in [7, 11) is 1.85. The molecule has 0 bridgehead atoms. The van der Waals surface area contributed by atoms with Crippen LogP contribution in [0, 0.1) is 24.0 Å². The van der Waals surface area contributed by atoms with E-state index in [-0.39, 0.29) is 18.1 Å². The van der Waals surface area contributed by atoms with Crippen molar-refractivity contribution in [1.29, 1.82) is 0 Å². The minimum Gasteiger partial charge on any atom is -0.326 e. The molecule has 2 aromatic rings. The lowest BCUT2D eigenvalue weighted by molar-refractivity contribution is -0.885. The van der Waals surface area contributed by atoms with E-state index < -0.39 is 4.92 Å². The fourth-order valence-electron chi connectivity index (χ4n) is 2.58. The Morgan fingerprint density at radius 1 is 1.17 bits per heavy atom. The smallest absolute Gasteiger partial charge is 0.279 e. The lowest BCUT2D eigenvalue weighted by Gasteiger charge is -2.15. The summed E-state index contributed by atoms with van der Waals surface area (Å²) < 4.78 is 0. The number of hydrogen-bond donors (Lipinski definition) is 2. The van der Waals surface area contributed by atoms with E-state index in [0.29, 0.717) is 12.1 Å². The zero-order valence-electron chi connectivity index (χ0n) is 14.1. The average molecular weight is 328 g/mol. The van der Waals surface area contributed by atoms with Crippen molar-refractivity contribution >= 4 is 17.3 Å². The highest BCUT2D eigenvalue weighted by Crippen LogP contribution is 2.18. The molecule has 6 heteroatoms. The Kier molecular flexibility index (Phi) is 5.65. The number of nitrogens with one attached hydrogen (secondary N) is 2. The number of anilines is 1. The van der Waals surface area contributed by atoms with Crippen molar-refractivity contribution in [3.63, 3.8) is 0 Å². The molecule has 0 saturated heterocycles. The minimum absolute atomic E-state index is 0.0896. The van der Waals surface area contributed by atoms with Gasteiger partial charge in [-0.2, -0.15) is 0 Å². The van der Waals surface area contributed by atoms with E-state index in [1.165, 1.54) is 6.07 Å². The number of carbonyl (C=O) groups excluding carboxylic acids is 1. The van der Waals surface area contributed by atoms with Crippen molar-refractivity contribution in [2.45, 2.75) is 20.4 Å². The Morgan fingerprint density at radius 3 is 2.58 bits per heavy atom. The third kappa shape index (κ3) is 4.39. The fourth-order valence-corrected chi connectivity index (χ4v) is 2.58. The van der Waals surface area contributed by atoms with Crippen LogP contribution in [0.5, 0.6) is 0 Å². The number of quaternary nitrogens is 1. The summed E-state index contributed by atoms with van der Waals surface area (Å²) in [6, 6.07) is 12.4. The summed E-state index contributed by atoms with van der Waals surface area (Å²) in [6.45, 7) is 4.61. The molecule has 0 aliphatic rings. The highest BCUT2D eigenvalue weighted by molar-refractivity contribution is 5.92. The number of likely N-dealkylation sites (N-methyl/N-ethyl adjacent to an activating group) is 1. The lowest BCUT2D eigenvalue weighted by atomic mass is 10.1. The molecular weight excluding hydrogens is 306 g/mol.